The number of esters is 2. The number of hydrogen-bond acceptors (Lipinski definition) is 4. The first kappa shape index (κ1) is 27.6. The van der Waals surface area contributed by atoms with E-state index in [2.05, 4.69) is 13.8 Å². The van der Waals surface area contributed by atoms with Crippen molar-refractivity contribution in [2.45, 2.75) is 98.2 Å². The molecular formula is C30H42O4. The third-order valence-corrected chi connectivity index (χ3v) is 6.51. The van der Waals surface area contributed by atoms with Crippen LogP contribution in [0.5, 0.6) is 0 Å². The first-order valence-corrected chi connectivity index (χ1v) is 13.0. The number of benzene rings is 2. The van der Waals surface area contributed by atoms with Gasteiger partial charge in [-0.25, -0.2) is 9.59 Å². The van der Waals surface area contributed by atoms with Crippen LogP contribution in [0.15, 0.2) is 48.5 Å². The van der Waals surface area contributed by atoms with Crippen LogP contribution in [0.25, 0.3) is 0 Å². The zero-order chi connectivity index (χ0) is 24.9. The Morgan fingerprint density at radius 1 is 0.647 bits per heavy atom. The van der Waals surface area contributed by atoms with Crippen LogP contribution in [-0.2, 0) is 22.3 Å². The van der Waals surface area contributed by atoms with Gasteiger partial charge in [-0.15, -0.1) is 0 Å². The van der Waals surface area contributed by atoms with Gasteiger partial charge in [0.2, 0.25) is 0 Å². The van der Waals surface area contributed by atoms with Gasteiger partial charge in [-0.2, -0.15) is 0 Å². The zero-order valence-electron chi connectivity index (χ0n) is 21.6. The SMILES string of the molecule is CCCCc1ccc(C(=O)OC(CC)C(C)C(CC)OC(=O)c2ccc(CCCC)cc2)cc1. The summed E-state index contributed by atoms with van der Waals surface area (Å²) in [6, 6.07) is 15.4. The maximum absolute atomic E-state index is 12.8. The fourth-order valence-corrected chi connectivity index (χ4v) is 4.15. The molecule has 2 unspecified atom stereocenters. The second-order valence-electron chi connectivity index (χ2n) is 9.16. The zero-order valence-corrected chi connectivity index (χ0v) is 21.6. The van der Waals surface area contributed by atoms with Gasteiger partial charge in [-0.05, 0) is 73.9 Å². The summed E-state index contributed by atoms with van der Waals surface area (Å²) < 4.78 is 11.7. The van der Waals surface area contributed by atoms with Crippen molar-refractivity contribution < 1.29 is 19.1 Å². The number of rotatable bonds is 14. The fourth-order valence-electron chi connectivity index (χ4n) is 4.15. The highest BCUT2D eigenvalue weighted by Crippen LogP contribution is 2.23. The molecule has 0 aromatic heterocycles. The topological polar surface area (TPSA) is 52.6 Å². The second-order valence-corrected chi connectivity index (χ2v) is 9.16. The summed E-state index contributed by atoms with van der Waals surface area (Å²) >= 11 is 0. The van der Waals surface area contributed by atoms with Crippen molar-refractivity contribution in [2.75, 3.05) is 0 Å². The summed E-state index contributed by atoms with van der Waals surface area (Å²) in [6.07, 6.45) is 7.25. The standard InChI is InChI=1S/C30H42O4/c1-6-10-12-23-14-18-25(19-15-23)29(31)33-27(8-3)22(5)28(9-4)34-30(32)26-20-16-24(17-21-26)13-11-7-2/h14-22,27-28H,6-13H2,1-5H3. The summed E-state index contributed by atoms with van der Waals surface area (Å²) in [6.45, 7) is 10.3. The molecule has 0 N–H and O–H groups in total. The van der Waals surface area contributed by atoms with E-state index in [1.807, 2.05) is 69.3 Å². The van der Waals surface area contributed by atoms with E-state index in [9.17, 15) is 9.59 Å². The molecule has 0 radical (unpaired) electrons. The van der Waals surface area contributed by atoms with Crippen molar-refractivity contribution in [3.63, 3.8) is 0 Å². The second kappa shape index (κ2) is 14.6. The third-order valence-electron chi connectivity index (χ3n) is 6.51. The Bertz CT molecular complexity index is 796. The summed E-state index contributed by atoms with van der Waals surface area (Å²) in [5.41, 5.74) is 3.57. The van der Waals surface area contributed by atoms with Crippen LogP contribution >= 0.6 is 0 Å². The smallest absolute Gasteiger partial charge is 0.338 e. The highest BCUT2D eigenvalue weighted by molar-refractivity contribution is 5.90. The van der Waals surface area contributed by atoms with Crippen LogP contribution in [0.1, 0.15) is 105 Å². The third kappa shape index (κ3) is 8.30. The van der Waals surface area contributed by atoms with Crippen LogP contribution in [0.2, 0.25) is 0 Å². The van der Waals surface area contributed by atoms with Crippen LogP contribution in [-0.4, -0.2) is 24.1 Å². The highest BCUT2D eigenvalue weighted by atomic mass is 16.6. The van der Waals surface area contributed by atoms with Crippen molar-refractivity contribution in [1.82, 2.24) is 0 Å². The minimum atomic E-state index is -0.332. The van der Waals surface area contributed by atoms with Crippen molar-refractivity contribution in [3.8, 4) is 0 Å². The maximum atomic E-state index is 12.8. The first-order valence-electron chi connectivity index (χ1n) is 13.0. The van der Waals surface area contributed by atoms with Crippen LogP contribution in [0.3, 0.4) is 0 Å². The molecule has 2 rings (SSSR count). The van der Waals surface area contributed by atoms with Gasteiger partial charge in [0.1, 0.15) is 12.2 Å². The van der Waals surface area contributed by atoms with Crippen molar-refractivity contribution in [3.05, 3.63) is 70.8 Å². The molecule has 0 aliphatic carbocycles. The molecule has 34 heavy (non-hydrogen) atoms. The molecule has 0 spiro atoms. The lowest BCUT2D eigenvalue weighted by Crippen LogP contribution is -2.35. The lowest BCUT2D eigenvalue weighted by atomic mass is 9.94. The van der Waals surface area contributed by atoms with E-state index in [0.717, 1.165) is 38.5 Å². The predicted molar refractivity (Wildman–Crippen MR) is 138 cm³/mol. The highest BCUT2D eigenvalue weighted by Gasteiger charge is 2.30. The van der Waals surface area contributed by atoms with Gasteiger partial charge >= 0.3 is 11.9 Å². The average Bonchev–Trinajstić information content (AvgIpc) is 2.87. The molecule has 2 aromatic rings. The van der Waals surface area contributed by atoms with Gasteiger partial charge in [0.15, 0.2) is 0 Å². The fraction of sp³-hybridized carbons (Fsp3) is 0.533. The van der Waals surface area contributed by atoms with E-state index in [4.69, 9.17) is 9.47 Å². The quantitative estimate of drug-likeness (QED) is 0.269. The number of unbranched alkanes of at least 4 members (excludes halogenated alkanes) is 2. The predicted octanol–water partition coefficient (Wildman–Crippen LogP) is 7.58. The summed E-state index contributed by atoms with van der Waals surface area (Å²) in [5.74, 6) is -0.773. The number of carbonyl (C=O) groups is 2. The first-order chi connectivity index (χ1) is 16.4. The number of hydrogen-bond donors (Lipinski definition) is 0. The van der Waals surface area contributed by atoms with Gasteiger partial charge in [-0.1, -0.05) is 71.7 Å². The Kier molecular flexibility index (Phi) is 11.9. The molecule has 0 fully saturated rings. The maximum Gasteiger partial charge on any atom is 0.338 e. The molecule has 0 amide bonds. The minimum absolute atomic E-state index is 0.115. The van der Waals surface area contributed by atoms with Crippen molar-refractivity contribution in [1.29, 1.82) is 0 Å². The Labute approximate surface area is 206 Å². The molecule has 0 bridgehead atoms. The molecule has 0 saturated carbocycles. The van der Waals surface area contributed by atoms with E-state index in [-0.39, 0.29) is 30.1 Å². The van der Waals surface area contributed by atoms with E-state index < -0.39 is 0 Å². The molecule has 0 aliphatic rings. The minimum Gasteiger partial charge on any atom is -0.458 e. The summed E-state index contributed by atoms with van der Waals surface area (Å²) in [4.78, 5) is 25.6. The molecule has 2 atom stereocenters. The van der Waals surface area contributed by atoms with E-state index in [0.29, 0.717) is 24.0 Å². The van der Waals surface area contributed by atoms with E-state index in [1.54, 1.807) is 0 Å². The summed E-state index contributed by atoms with van der Waals surface area (Å²) in [7, 11) is 0. The van der Waals surface area contributed by atoms with Crippen LogP contribution < -0.4 is 0 Å². The Morgan fingerprint density at radius 3 is 1.29 bits per heavy atom. The van der Waals surface area contributed by atoms with Gasteiger partial charge < -0.3 is 9.47 Å². The lowest BCUT2D eigenvalue weighted by Gasteiger charge is -2.29. The molecule has 0 heterocycles. The van der Waals surface area contributed by atoms with Gasteiger partial charge in [-0.3, -0.25) is 0 Å². The largest absolute Gasteiger partial charge is 0.458 e. The van der Waals surface area contributed by atoms with Crippen LogP contribution in [0.4, 0.5) is 0 Å². The monoisotopic (exact) mass is 466 g/mol. The molecule has 2 aromatic carbocycles. The van der Waals surface area contributed by atoms with Crippen LogP contribution in [0, 0.1) is 5.92 Å². The Balaban J connectivity index is 1.98. The average molecular weight is 467 g/mol. The van der Waals surface area contributed by atoms with Gasteiger partial charge in [0, 0.05) is 5.92 Å². The lowest BCUT2D eigenvalue weighted by molar-refractivity contribution is -0.0299. The van der Waals surface area contributed by atoms with Crippen molar-refractivity contribution >= 4 is 11.9 Å². The number of ether oxygens (including phenoxy) is 2. The number of aryl methyl sites for hydroxylation is 2. The molecular weight excluding hydrogens is 424 g/mol. The van der Waals surface area contributed by atoms with Gasteiger partial charge in [0.05, 0.1) is 11.1 Å². The molecule has 4 heteroatoms. The van der Waals surface area contributed by atoms with Crippen molar-refractivity contribution in [2.24, 2.45) is 5.92 Å². The van der Waals surface area contributed by atoms with E-state index >= 15 is 0 Å². The Morgan fingerprint density at radius 2 is 1.00 bits per heavy atom. The van der Waals surface area contributed by atoms with Gasteiger partial charge in [0.25, 0.3) is 0 Å². The van der Waals surface area contributed by atoms with E-state index in [1.165, 1.54) is 11.1 Å². The molecule has 0 aliphatic heterocycles. The molecule has 4 nitrogen and oxygen atoms in total. The molecule has 186 valence electrons. The normalized spacial score (nSPS) is 13.7. The summed E-state index contributed by atoms with van der Waals surface area (Å²) in [5, 5.41) is 0. The number of carbonyl (C=O) groups excluding carboxylic acids is 2. The Hall–Kier alpha value is -2.62. The molecule has 0 saturated heterocycles.